The molecule has 2 aliphatic heterocycles. The van der Waals surface area contributed by atoms with Gasteiger partial charge < -0.3 is 10.2 Å². The maximum absolute atomic E-state index is 4.63. The Morgan fingerprint density at radius 1 is 1.10 bits per heavy atom. The fraction of sp³-hybridized carbons (Fsp3) is 0.750. The van der Waals surface area contributed by atoms with Crippen LogP contribution in [-0.2, 0) is 12.8 Å². The second-order valence-corrected chi connectivity index (χ2v) is 6.53. The van der Waals surface area contributed by atoms with Gasteiger partial charge in [-0.05, 0) is 57.4 Å². The van der Waals surface area contributed by atoms with Gasteiger partial charge in [0.2, 0.25) is 0 Å². The van der Waals surface area contributed by atoms with Gasteiger partial charge >= 0.3 is 0 Å². The molecule has 0 saturated carbocycles. The van der Waals surface area contributed by atoms with Crippen molar-refractivity contribution in [2.24, 2.45) is 5.92 Å². The molecule has 1 aromatic rings. The molecular formula is C16H24N4. The van der Waals surface area contributed by atoms with E-state index in [9.17, 15) is 0 Å². The van der Waals surface area contributed by atoms with Crippen LogP contribution in [-0.4, -0.2) is 35.6 Å². The van der Waals surface area contributed by atoms with Crippen LogP contribution in [0.5, 0.6) is 0 Å². The quantitative estimate of drug-likeness (QED) is 0.893. The Labute approximate surface area is 121 Å². The van der Waals surface area contributed by atoms with Crippen molar-refractivity contribution in [2.45, 2.75) is 51.0 Å². The van der Waals surface area contributed by atoms with Crippen LogP contribution >= 0.6 is 0 Å². The maximum atomic E-state index is 4.63. The topological polar surface area (TPSA) is 41.1 Å². The highest BCUT2D eigenvalue weighted by Crippen LogP contribution is 2.32. The molecule has 0 amide bonds. The van der Waals surface area contributed by atoms with Crippen LogP contribution in [0.25, 0.3) is 0 Å². The minimum atomic E-state index is 0.743. The summed E-state index contributed by atoms with van der Waals surface area (Å²) in [6.45, 7) is 3.57. The number of nitrogens with one attached hydrogen (secondary N) is 1. The van der Waals surface area contributed by atoms with Gasteiger partial charge in [0.25, 0.3) is 0 Å². The zero-order valence-electron chi connectivity index (χ0n) is 12.1. The van der Waals surface area contributed by atoms with Gasteiger partial charge in [0, 0.05) is 30.4 Å². The number of anilines is 1. The lowest BCUT2D eigenvalue weighted by Gasteiger charge is -2.37. The normalized spacial score (nSPS) is 29.7. The third kappa shape index (κ3) is 2.20. The SMILES string of the molecule is c1nc2c(c(N3CCCC(C4CCCN4)C3)n1)CCC2. The smallest absolute Gasteiger partial charge is 0.135 e. The number of hydrogen-bond donors (Lipinski definition) is 1. The van der Waals surface area contributed by atoms with Crippen molar-refractivity contribution >= 4 is 5.82 Å². The minimum absolute atomic E-state index is 0.743. The van der Waals surface area contributed by atoms with Crippen LogP contribution in [0.3, 0.4) is 0 Å². The second kappa shape index (κ2) is 5.32. The highest BCUT2D eigenvalue weighted by atomic mass is 15.2. The number of hydrogen-bond acceptors (Lipinski definition) is 4. The number of fused-ring (bicyclic) bond motifs is 1. The number of aromatic nitrogens is 2. The molecule has 3 heterocycles. The fourth-order valence-corrected chi connectivity index (χ4v) is 4.26. The van der Waals surface area contributed by atoms with Gasteiger partial charge in [-0.15, -0.1) is 0 Å². The van der Waals surface area contributed by atoms with Crippen LogP contribution < -0.4 is 10.2 Å². The molecular weight excluding hydrogens is 248 g/mol. The van der Waals surface area contributed by atoms with Crippen molar-refractivity contribution in [1.29, 1.82) is 0 Å². The summed E-state index contributed by atoms with van der Waals surface area (Å²) in [5.41, 5.74) is 2.74. The van der Waals surface area contributed by atoms with Crippen molar-refractivity contribution < 1.29 is 0 Å². The van der Waals surface area contributed by atoms with E-state index in [0.717, 1.165) is 18.4 Å². The standard InChI is InChI=1S/C16H24N4/c1-5-13-15(6-1)18-11-19-16(13)20-9-3-4-12(10-20)14-7-2-8-17-14/h11-12,14,17H,1-10H2. The van der Waals surface area contributed by atoms with Crippen molar-refractivity contribution in [1.82, 2.24) is 15.3 Å². The lowest BCUT2D eigenvalue weighted by molar-refractivity contribution is 0.327. The number of piperidine rings is 1. The third-order valence-electron chi connectivity index (χ3n) is 5.28. The first-order valence-corrected chi connectivity index (χ1v) is 8.23. The Bertz CT molecular complexity index is 481. The molecule has 3 aliphatic rings. The first-order valence-electron chi connectivity index (χ1n) is 8.23. The summed E-state index contributed by atoms with van der Waals surface area (Å²) in [4.78, 5) is 11.6. The van der Waals surface area contributed by atoms with E-state index in [0.29, 0.717) is 0 Å². The average Bonchev–Trinajstić information content (AvgIpc) is 3.18. The van der Waals surface area contributed by atoms with Gasteiger partial charge in [-0.3, -0.25) is 0 Å². The zero-order valence-corrected chi connectivity index (χ0v) is 12.1. The Morgan fingerprint density at radius 2 is 2.10 bits per heavy atom. The number of nitrogens with zero attached hydrogens (tertiary/aromatic N) is 3. The van der Waals surface area contributed by atoms with Gasteiger partial charge in [0.05, 0.1) is 0 Å². The molecule has 108 valence electrons. The first-order chi connectivity index (χ1) is 9.92. The molecule has 0 spiro atoms. The van der Waals surface area contributed by atoms with E-state index in [-0.39, 0.29) is 0 Å². The van der Waals surface area contributed by atoms with E-state index in [1.54, 1.807) is 6.33 Å². The van der Waals surface area contributed by atoms with Crippen LogP contribution in [0.15, 0.2) is 6.33 Å². The molecule has 1 N–H and O–H groups in total. The predicted octanol–water partition coefficient (Wildman–Crippen LogP) is 1.93. The van der Waals surface area contributed by atoms with E-state index < -0.39 is 0 Å². The van der Waals surface area contributed by atoms with Gasteiger partial charge in [-0.2, -0.15) is 0 Å². The molecule has 0 radical (unpaired) electrons. The minimum Gasteiger partial charge on any atom is -0.356 e. The van der Waals surface area contributed by atoms with E-state index in [2.05, 4.69) is 20.2 Å². The molecule has 4 nitrogen and oxygen atoms in total. The van der Waals surface area contributed by atoms with E-state index in [1.807, 2.05) is 0 Å². The van der Waals surface area contributed by atoms with Crippen LogP contribution in [0, 0.1) is 5.92 Å². The Balaban J connectivity index is 1.55. The molecule has 1 aromatic heterocycles. The van der Waals surface area contributed by atoms with Crippen LogP contribution in [0.1, 0.15) is 43.4 Å². The number of rotatable bonds is 2. The van der Waals surface area contributed by atoms with Gasteiger partial charge in [0.1, 0.15) is 12.1 Å². The lowest BCUT2D eigenvalue weighted by Crippen LogP contribution is -2.44. The molecule has 0 bridgehead atoms. The zero-order chi connectivity index (χ0) is 13.4. The molecule has 2 unspecified atom stereocenters. The molecule has 1 aliphatic carbocycles. The number of aryl methyl sites for hydroxylation is 1. The van der Waals surface area contributed by atoms with Crippen molar-refractivity contribution in [2.75, 3.05) is 24.5 Å². The van der Waals surface area contributed by atoms with Crippen molar-refractivity contribution in [3.63, 3.8) is 0 Å². The van der Waals surface area contributed by atoms with Gasteiger partial charge in [-0.1, -0.05) is 0 Å². The third-order valence-corrected chi connectivity index (χ3v) is 5.28. The van der Waals surface area contributed by atoms with E-state index in [1.165, 1.54) is 75.2 Å². The summed E-state index contributed by atoms with van der Waals surface area (Å²) in [5, 5.41) is 3.69. The largest absolute Gasteiger partial charge is 0.356 e. The summed E-state index contributed by atoms with van der Waals surface area (Å²) < 4.78 is 0. The van der Waals surface area contributed by atoms with Crippen LogP contribution in [0.2, 0.25) is 0 Å². The summed E-state index contributed by atoms with van der Waals surface area (Å²) >= 11 is 0. The van der Waals surface area contributed by atoms with Gasteiger partial charge in [-0.25, -0.2) is 9.97 Å². The Kier molecular flexibility index (Phi) is 3.34. The molecule has 2 saturated heterocycles. The molecule has 20 heavy (non-hydrogen) atoms. The van der Waals surface area contributed by atoms with Crippen molar-refractivity contribution in [3.05, 3.63) is 17.6 Å². The highest BCUT2D eigenvalue weighted by Gasteiger charge is 2.31. The van der Waals surface area contributed by atoms with Crippen LogP contribution in [0.4, 0.5) is 5.82 Å². The summed E-state index contributed by atoms with van der Waals surface area (Å²) in [6.07, 6.45) is 10.7. The van der Waals surface area contributed by atoms with Gasteiger partial charge in [0.15, 0.2) is 0 Å². The molecule has 4 heteroatoms. The highest BCUT2D eigenvalue weighted by molar-refractivity contribution is 5.50. The molecule has 0 aromatic carbocycles. The monoisotopic (exact) mass is 272 g/mol. The van der Waals surface area contributed by atoms with E-state index >= 15 is 0 Å². The molecule has 4 rings (SSSR count). The average molecular weight is 272 g/mol. The second-order valence-electron chi connectivity index (χ2n) is 6.53. The summed E-state index contributed by atoms with van der Waals surface area (Å²) in [6, 6.07) is 0.743. The van der Waals surface area contributed by atoms with Crippen molar-refractivity contribution in [3.8, 4) is 0 Å². The summed E-state index contributed by atoms with van der Waals surface area (Å²) in [7, 11) is 0. The Hall–Kier alpha value is -1.16. The summed E-state index contributed by atoms with van der Waals surface area (Å²) in [5.74, 6) is 2.05. The molecule has 2 fully saturated rings. The maximum Gasteiger partial charge on any atom is 0.135 e. The van der Waals surface area contributed by atoms with E-state index in [4.69, 9.17) is 0 Å². The predicted molar refractivity (Wildman–Crippen MR) is 80.0 cm³/mol. The first kappa shape index (κ1) is 12.6. The fourth-order valence-electron chi connectivity index (χ4n) is 4.26. The Morgan fingerprint density at radius 3 is 3.00 bits per heavy atom. The molecule has 2 atom stereocenters. The lowest BCUT2D eigenvalue weighted by atomic mass is 9.89.